The van der Waals surface area contributed by atoms with Gasteiger partial charge in [-0.05, 0) is 73.8 Å². The molecule has 3 aromatic rings. The molecule has 1 aliphatic carbocycles. The summed E-state index contributed by atoms with van der Waals surface area (Å²) in [7, 11) is 0. The molecule has 6 nitrogen and oxygen atoms in total. The molecule has 2 unspecified atom stereocenters. The number of fused-ring (bicyclic) bond motifs is 1. The van der Waals surface area contributed by atoms with E-state index in [1.807, 2.05) is 79.7 Å². The molecule has 214 valence electrons. The summed E-state index contributed by atoms with van der Waals surface area (Å²) in [6.45, 7) is 5.21. The Balaban J connectivity index is 1.24. The number of anilines is 1. The van der Waals surface area contributed by atoms with Crippen molar-refractivity contribution in [2.75, 3.05) is 18.4 Å². The molecular formula is C36H38N4O2. The maximum absolute atomic E-state index is 13.5. The van der Waals surface area contributed by atoms with Gasteiger partial charge in [-0.25, -0.2) is 0 Å². The Hall–Kier alpha value is -4.42. The second-order valence-corrected chi connectivity index (χ2v) is 11.5. The van der Waals surface area contributed by atoms with E-state index in [9.17, 15) is 9.59 Å². The number of carbonyl (C=O) groups excluding carboxylic acids is 2. The molecule has 2 aliphatic heterocycles. The Morgan fingerprint density at radius 3 is 2.29 bits per heavy atom. The number of amides is 2. The topological polar surface area (TPSA) is 73.5 Å². The van der Waals surface area contributed by atoms with Crippen LogP contribution in [0.3, 0.4) is 0 Å². The van der Waals surface area contributed by atoms with E-state index >= 15 is 0 Å². The second-order valence-electron chi connectivity index (χ2n) is 11.5. The highest BCUT2D eigenvalue weighted by atomic mass is 16.2. The number of hydrogen-bond donors (Lipinski definition) is 3. The number of carbonyl (C=O) groups is 2. The van der Waals surface area contributed by atoms with Crippen molar-refractivity contribution < 1.29 is 9.59 Å². The van der Waals surface area contributed by atoms with E-state index in [1.54, 1.807) is 0 Å². The van der Waals surface area contributed by atoms with Gasteiger partial charge in [0.15, 0.2) is 0 Å². The number of nitrogens with zero attached hydrogens (tertiary/aromatic N) is 1. The lowest BCUT2D eigenvalue weighted by molar-refractivity contribution is -0.121. The summed E-state index contributed by atoms with van der Waals surface area (Å²) in [5, 5.41) is 9.80. The minimum absolute atomic E-state index is 0.0573. The molecule has 2 fully saturated rings. The number of piperidine rings is 1. The monoisotopic (exact) mass is 558 g/mol. The van der Waals surface area contributed by atoms with Crippen LogP contribution in [0.1, 0.15) is 55.2 Å². The molecule has 42 heavy (non-hydrogen) atoms. The fourth-order valence-corrected chi connectivity index (χ4v) is 6.10. The van der Waals surface area contributed by atoms with Crippen molar-refractivity contribution in [2.24, 2.45) is 5.92 Å². The predicted octanol–water partition coefficient (Wildman–Crippen LogP) is 6.33. The van der Waals surface area contributed by atoms with E-state index in [4.69, 9.17) is 0 Å². The Labute approximate surface area is 248 Å². The first-order valence-electron chi connectivity index (χ1n) is 15.0. The van der Waals surface area contributed by atoms with Crippen LogP contribution in [0.4, 0.5) is 5.69 Å². The van der Waals surface area contributed by atoms with Gasteiger partial charge in [-0.2, -0.15) is 0 Å². The van der Waals surface area contributed by atoms with Gasteiger partial charge < -0.3 is 16.0 Å². The first-order valence-corrected chi connectivity index (χ1v) is 15.0. The molecule has 0 radical (unpaired) electrons. The molecule has 2 saturated heterocycles. The number of hydrogen-bond acceptors (Lipinski definition) is 4. The number of benzene rings is 3. The summed E-state index contributed by atoms with van der Waals surface area (Å²) in [5.41, 5.74) is 7.28. The van der Waals surface area contributed by atoms with Gasteiger partial charge >= 0.3 is 0 Å². The van der Waals surface area contributed by atoms with Crippen LogP contribution in [-0.2, 0) is 16.1 Å². The Bertz CT molecular complexity index is 1520. The summed E-state index contributed by atoms with van der Waals surface area (Å²) >= 11 is 0. The highest BCUT2D eigenvalue weighted by molar-refractivity contribution is 6.07. The number of rotatable bonds is 8. The van der Waals surface area contributed by atoms with Crippen LogP contribution in [0.2, 0.25) is 0 Å². The quantitative estimate of drug-likeness (QED) is 0.283. The average Bonchev–Trinajstić information content (AvgIpc) is 3.36. The lowest BCUT2D eigenvalue weighted by Gasteiger charge is -2.26. The third kappa shape index (κ3) is 6.24. The van der Waals surface area contributed by atoms with Crippen LogP contribution in [0.15, 0.2) is 114 Å². The molecule has 3 aliphatic rings. The summed E-state index contributed by atoms with van der Waals surface area (Å²) < 4.78 is 0. The summed E-state index contributed by atoms with van der Waals surface area (Å²) in [6, 6.07) is 28.3. The molecule has 0 saturated carbocycles. The number of likely N-dealkylation sites (tertiary alicyclic amines) is 1. The van der Waals surface area contributed by atoms with Crippen molar-refractivity contribution >= 4 is 23.2 Å². The van der Waals surface area contributed by atoms with E-state index in [1.165, 1.54) is 37.9 Å². The van der Waals surface area contributed by atoms with Crippen LogP contribution < -0.4 is 16.0 Å². The van der Waals surface area contributed by atoms with Gasteiger partial charge in [0.2, 0.25) is 5.91 Å². The van der Waals surface area contributed by atoms with Crippen LogP contribution in [0.25, 0.3) is 5.70 Å². The van der Waals surface area contributed by atoms with Gasteiger partial charge in [0.1, 0.15) is 0 Å². The molecule has 2 amide bonds. The zero-order chi connectivity index (χ0) is 28.9. The predicted molar refractivity (Wildman–Crippen MR) is 168 cm³/mol. The average molecular weight is 559 g/mol. The minimum atomic E-state index is -0.282. The zero-order valence-electron chi connectivity index (χ0n) is 24.1. The molecule has 2 heterocycles. The maximum atomic E-state index is 13.5. The standard InChI is InChI=1S/C36H38N4O2/c1-25(27-11-5-2-6-12-27)35(41)38-30-19-20-32-31(23-30)33(36(42)39-32)34(28-13-7-3-8-14-28)37-29-17-15-26(16-18-29)24-40-21-9-4-10-22-40/h2-3,5-8,11-20,25,31,37H,4,9-10,21-24H2,1H3,(H,38,41)(H,39,42). The number of nitrogens with one attached hydrogen (secondary N) is 3. The Kier molecular flexibility index (Phi) is 8.33. The molecule has 2 atom stereocenters. The molecule has 0 aromatic heterocycles. The van der Waals surface area contributed by atoms with E-state index in [-0.39, 0.29) is 23.7 Å². The highest BCUT2D eigenvalue weighted by Gasteiger charge is 2.38. The summed E-state index contributed by atoms with van der Waals surface area (Å²) in [6.07, 6.45) is 8.24. The van der Waals surface area contributed by atoms with Crippen LogP contribution in [0.5, 0.6) is 0 Å². The molecule has 3 aromatic carbocycles. The highest BCUT2D eigenvalue weighted by Crippen LogP contribution is 2.39. The molecule has 6 heteroatoms. The Morgan fingerprint density at radius 1 is 0.881 bits per heavy atom. The molecule has 0 bridgehead atoms. The van der Waals surface area contributed by atoms with E-state index in [2.05, 4.69) is 45.1 Å². The van der Waals surface area contributed by atoms with Crippen molar-refractivity contribution in [3.63, 3.8) is 0 Å². The second kappa shape index (κ2) is 12.6. The molecule has 6 rings (SSSR count). The fourth-order valence-electron chi connectivity index (χ4n) is 6.10. The third-order valence-electron chi connectivity index (χ3n) is 8.50. The molecule has 3 N–H and O–H groups in total. The van der Waals surface area contributed by atoms with Crippen molar-refractivity contribution in [1.82, 2.24) is 15.5 Å². The van der Waals surface area contributed by atoms with Crippen molar-refractivity contribution in [1.29, 1.82) is 0 Å². The lowest BCUT2D eigenvalue weighted by Crippen LogP contribution is -2.29. The van der Waals surface area contributed by atoms with Crippen molar-refractivity contribution in [2.45, 2.75) is 45.1 Å². The van der Waals surface area contributed by atoms with Crippen LogP contribution in [0, 0.1) is 5.92 Å². The lowest BCUT2D eigenvalue weighted by atomic mass is 9.87. The fraction of sp³-hybridized carbons (Fsp3) is 0.278. The van der Waals surface area contributed by atoms with Crippen molar-refractivity contribution in [3.05, 3.63) is 131 Å². The summed E-state index contributed by atoms with van der Waals surface area (Å²) in [5.74, 6) is -0.641. The Morgan fingerprint density at radius 2 is 1.57 bits per heavy atom. The van der Waals surface area contributed by atoms with Gasteiger partial charge in [0.25, 0.3) is 5.91 Å². The zero-order valence-corrected chi connectivity index (χ0v) is 24.1. The van der Waals surface area contributed by atoms with Crippen molar-refractivity contribution in [3.8, 4) is 0 Å². The van der Waals surface area contributed by atoms with E-state index < -0.39 is 0 Å². The molecule has 0 spiro atoms. The first kappa shape index (κ1) is 27.7. The van der Waals surface area contributed by atoms with E-state index in [0.29, 0.717) is 12.0 Å². The van der Waals surface area contributed by atoms with Gasteiger partial charge in [-0.3, -0.25) is 14.5 Å². The van der Waals surface area contributed by atoms with Crippen LogP contribution >= 0.6 is 0 Å². The van der Waals surface area contributed by atoms with E-state index in [0.717, 1.165) is 40.5 Å². The number of allylic oxidation sites excluding steroid dienone is 4. The maximum Gasteiger partial charge on any atom is 0.254 e. The SMILES string of the molecule is CC(C(=O)NC1=CC=C2NC(=O)C(=C(Nc3ccc(CN4CCCCC4)cc3)c3ccccc3)C2C1)c1ccccc1. The van der Waals surface area contributed by atoms with Gasteiger partial charge in [-0.1, -0.05) is 79.2 Å². The summed E-state index contributed by atoms with van der Waals surface area (Å²) in [4.78, 5) is 29.1. The van der Waals surface area contributed by atoms with Gasteiger partial charge in [0, 0.05) is 36.0 Å². The minimum Gasteiger partial charge on any atom is -0.355 e. The first-order chi connectivity index (χ1) is 20.5. The van der Waals surface area contributed by atoms with Gasteiger partial charge in [0.05, 0.1) is 17.2 Å². The van der Waals surface area contributed by atoms with Crippen LogP contribution in [-0.4, -0.2) is 29.8 Å². The smallest absolute Gasteiger partial charge is 0.254 e. The normalized spacial score (nSPS) is 20.5. The van der Waals surface area contributed by atoms with Gasteiger partial charge in [-0.15, -0.1) is 0 Å². The largest absolute Gasteiger partial charge is 0.355 e. The third-order valence-corrected chi connectivity index (χ3v) is 8.50. The molecular weight excluding hydrogens is 520 g/mol.